The lowest BCUT2D eigenvalue weighted by atomic mass is 9.85. The van der Waals surface area contributed by atoms with E-state index in [9.17, 15) is 9.90 Å². The molecule has 5 rings (SSSR count). The number of benzene rings is 1. The lowest BCUT2D eigenvalue weighted by Crippen LogP contribution is -2.27. The molecule has 0 aliphatic heterocycles. The van der Waals surface area contributed by atoms with Crippen molar-refractivity contribution in [2.75, 3.05) is 12.4 Å². The van der Waals surface area contributed by atoms with E-state index in [4.69, 9.17) is 4.74 Å². The Kier molecular flexibility index (Phi) is 4.44. The van der Waals surface area contributed by atoms with Crippen LogP contribution in [-0.2, 0) is 0 Å². The van der Waals surface area contributed by atoms with E-state index in [1.54, 1.807) is 23.0 Å². The van der Waals surface area contributed by atoms with E-state index < -0.39 is 6.10 Å². The first-order valence-corrected chi connectivity index (χ1v) is 9.66. The maximum Gasteiger partial charge on any atom is 0.328 e. The molecule has 0 fully saturated rings. The topological polar surface area (TPSA) is 118 Å². The molecule has 0 radical (unpaired) electrons. The zero-order valence-electron chi connectivity index (χ0n) is 16.2. The predicted octanol–water partition coefficient (Wildman–Crippen LogP) is 2.68. The first-order chi connectivity index (χ1) is 14.7. The molecule has 3 aromatic heterocycles. The minimum absolute atomic E-state index is 0.221. The van der Waals surface area contributed by atoms with Gasteiger partial charge in [-0.25, -0.2) is 14.8 Å². The summed E-state index contributed by atoms with van der Waals surface area (Å²) in [6.45, 7) is 0. The summed E-state index contributed by atoms with van der Waals surface area (Å²) in [5.41, 5.74) is 3.19. The number of nitrogens with one attached hydrogen (secondary N) is 2. The highest BCUT2D eigenvalue weighted by Gasteiger charge is 2.29. The molecule has 4 aromatic rings. The molecule has 0 unspecified atom stereocenters. The third-order valence-corrected chi connectivity index (χ3v) is 5.41. The van der Waals surface area contributed by atoms with Gasteiger partial charge in [0.05, 0.1) is 25.5 Å². The summed E-state index contributed by atoms with van der Waals surface area (Å²) in [5.74, 6) is 0.744. The number of methoxy groups -OCH3 is 1. The molecular formula is C21H20N6O3. The molecule has 9 heteroatoms. The monoisotopic (exact) mass is 404 g/mol. The Hall–Kier alpha value is -3.72. The fourth-order valence-corrected chi connectivity index (χ4v) is 4.05. The van der Waals surface area contributed by atoms with Crippen LogP contribution < -0.4 is 15.7 Å². The summed E-state index contributed by atoms with van der Waals surface area (Å²) in [5, 5.41) is 13.5. The summed E-state index contributed by atoms with van der Waals surface area (Å²) in [4.78, 5) is 28.7. The number of imidazole rings is 1. The van der Waals surface area contributed by atoms with Crippen LogP contribution in [0, 0.1) is 0 Å². The van der Waals surface area contributed by atoms with E-state index >= 15 is 0 Å². The Morgan fingerprint density at radius 3 is 2.83 bits per heavy atom. The van der Waals surface area contributed by atoms with Gasteiger partial charge in [-0.05, 0) is 36.1 Å². The van der Waals surface area contributed by atoms with Crippen molar-refractivity contribution in [3.05, 3.63) is 70.4 Å². The quantitative estimate of drug-likeness (QED) is 0.479. The zero-order valence-corrected chi connectivity index (χ0v) is 16.2. The van der Waals surface area contributed by atoms with Gasteiger partial charge in [0.15, 0.2) is 5.65 Å². The van der Waals surface area contributed by atoms with Crippen LogP contribution in [0.15, 0.2) is 53.6 Å². The molecule has 0 amide bonds. The molecule has 2 atom stereocenters. The number of aromatic amines is 1. The molecule has 1 aliphatic rings. The normalized spacial score (nSPS) is 18.2. The number of aliphatic hydroxyl groups is 1. The molecule has 0 bridgehead atoms. The first-order valence-electron chi connectivity index (χ1n) is 9.66. The SMILES string of the molecule is COc1ncccc1Nc1ncc2[nH]c(=O)n([C@@H]3CC[C@@H](O)c4ccccc43)c2n1. The van der Waals surface area contributed by atoms with Crippen molar-refractivity contribution >= 4 is 22.8 Å². The summed E-state index contributed by atoms with van der Waals surface area (Å²) >= 11 is 0. The maximum absolute atomic E-state index is 12.8. The lowest BCUT2D eigenvalue weighted by molar-refractivity contribution is 0.147. The summed E-state index contributed by atoms with van der Waals surface area (Å²) in [6, 6.07) is 11.0. The lowest BCUT2D eigenvalue weighted by Gasteiger charge is -2.29. The van der Waals surface area contributed by atoms with E-state index in [1.807, 2.05) is 30.3 Å². The van der Waals surface area contributed by atoms with Crippen molar-refractivity contribution in [2.24, 2.45) is 0 Å². The number of anilines is 2. The highest BCUT2D eigenvalue weighted by Crippen LogP contribution is 2.38. The molecular weight excluding hydrogens is 384 g/mol. The third kappa shape index (κ3) is 3.00. The Morgan fingerprint density at radius 2 is 2.00 bits per heavy atom. The molecule has 30 heavy (non-hydrogen) atoms. The van der Waals surface area contributed by atoms with Gasteiger partial charge in [0.1, 0.15) is 11.2 Å². The minimum atomic E-state index is -0.525. The van der Waals surface area contributed by atoms with E-state index in [0.29, 0.717) is 41.5 Å². The molecule has 152 valence electrons. The van der Waals surface area contributed by atoms with Crippen molar-refractivity contribution in [2.45, 2.75) is 25.0 Å². The molecule has 3 heterocycles. The average molecular weight is 404 g/mol. The van der Waals surface area contributed by atoms with Crippen LogP contribution in [0.4, 0.5) is 11.6 Å². The van der Waals surface area contributed by atoms with E-state index in [0.717, 1.165) is 11.1 Å². The maximum atomic E-state index is 12.8. The van der Waals surface area contributed by atoms with Gasteiger partial charge in [0.2, 0.25) is 11.8 Å². The number of fused-ring (bicyclic) bond motifs is 2. The largest absolute Gasteiger partial charge is 0.480 e. The van der Waals surface area contributed by atoms with Crippen LogP contribution in [0.5, 0.6) is 5.88 Å². The molecule has 3 N–H and O–H groups in total. The second-order valence-electron chi connectivity index (χ2n) is 7.15. The summed E-state index contributed by atoms with van der Waals surface area (Å²) < 4.78 is 6.91. The van der Waals surface area contributed by atoms with Gasteiger partial charge in [-0.3, -0.25) is 4.57 Å². The number of rotatable bonds is 4. The number of pyridine rings is 1. The highest BCUT2D eigenvalue weighted by atomic mass is 16.5. The molecule has 0 saturated carbocycles. The van der Waals surface area contributed by atoms with Crippen molar-refractivity contribution in [3.8, 4) is 5.88 Å². The Labute approximate surface area is 171 Å². The van der Waals surface area contributed by atoms with Crippen LogP contribution in [-0.4, -0.2) is 36.7 Å². The van der Waals surface area contributed by atoms with Crippen molar-refractivity contribution in [1.82, 2.24) is 24.5 Å². The van der Waals surface area contributed by atoms with Gasteiger partial charge in [-0.1, -0.05) is 24.3 Å². The zero-order chi connectivity index (χ0) is 20.7. The average Bonchev–Trinajstić information content (AvgIpc) is 3.10. The second-order valence-corrected chi connectivity index (χ2v) is 7.15. The van der Waals surface area contributed by atoms with Crippen molar-refractivity contribution < 1.29 is 9.84 Å². The highest BCUT2D eigenvalue weighted by molar-refractivity contribution is 5.72. The van der Waals surface area contributed by atoms with Gasteiger partial charge in [-0.2, -0.15) is 4.98 Å². The molecule has 9 nitrogen and oxygen atoms in total. The number of H-pyrrole nitrogens is 1. The molecule has 0 spiro atoms. The van der Waals surface area contributed by atoms with E-state index in [2.05, 4.69) is 25.3 Å². The fraction of sp³-hybridized carbons (Fsp3) is 0.238. The summed E-state index contributed by atoms with van der Waals surface area (Å²) in [7, 11) is 1.54. The Morgan fingerprint density at radius 1 is 1.17 bits per heavy atom. The van der Waals surface area contributed by atoms with Crippen LogP contribution in [0.2, 0.25) is 0 Å². The number of ether oxygens (including phenoxy) is 1. The number of hydrogen-bond donors (Lipinski definition) is 3. The number of aliphatic hydroxyl groups excluding tert-OH is 1. The van der Waals surface area contributed by atoms with Gasteiger partial charge >= 0.3 is 5.69 Å². The molecule has 1 aliphatic carbocycles. The standard InChI is InChI=1S/C21H20N6O3/c1-30-19-14(7-4-10-22-19)24-20-23-11-15-18(26-20)27(21(29)25-15)16-8-9-17(28)13-6-3-2-5-12(13)16/h2-7,10-11,16-17,28H,8-9H2,1H3,(H,25,29)(H,23,24,26)/t16-,17-/m1/s1. The minimum Gasteiger partial charge on any atom is -0.480 e. The molecule has 1 aromatic carbocycles. The van der Waals surface area contributed by atoms with Crippen LogP contribution in [0.3, 0.4) is 0 Å². The van der Waals surface area contributed by atoms with Crippen LogP contribution in [0.25, 0.3) is 11.2 Å². The first kappa shape index (κ1) is 18.3. The third-order valence-electron chi connectivity index (χ3n) is 5.41. The van der Waals surface area contributed by atoms with Crippen LogP contribution in [0.1, 0.15) is 36.1 Å². The van der Waals surface area contributed by atoms with Gasteiger partial charge in [-0.15, -0.1) is 0 Å². The van der Waals surface area contributed by atoms with Crippen molar-refractivity contribution in [3.63, 3.8) is 0 Å². The van der Waals surface area contributed by atoms with E-state index in [-0.39, 0.29) is 11.7 Å². The number of aromatic nitrogens is 5. The van der Waals surface area contributed by atoms with Crippen LogP contribution >= 0.6 is 0 Å². The molecule has 0 saturated heterocycles. The number of nitrogens with zero attached hydrogens (tertiary/aromatic N) is 4. The van der Waals surface area contributed by atoms with Gasteiger partial charge in [0.25, 0.3) is 0 Å². The second kappa shape index (κ2) is 7.27. The fourth-order valence-electron chi connectivity index (χ4n) is 4.05. The Bertz CT molecular complexity index is 1280. The van der Waals surface area contributed by atoms with Gasteiger partial charge in [0, 0.05) is 6.20 Å². The van der Waals surface area contributed by atoms with E-state index in [1.165, 1.54) is 7.11 Å². The van der Waals surface area contributed by atoms with Gasteiger partial charge < -0.3 is 20.1 Å². The number of hydrogen-bond acceptors (Lipinski definition) is 7. The smallest absolute Gasteiger partial charge is 0.328 e. The van der Waals surface area contributed by atoms with Crippen molar-refractivity contribution in [1.29, 1.82) is 0 Å². The summed E-state index contributed by atoms with van der Waals surface area (Å²) in [6.07, 6.45) is 3.89. The predicted molar refractivity (Wildman–Crippen MR) is 111 cm³/mol. The Balaban J connectivity index is 1.60.